The van der Waals surface area contributed by atoms with Crippen LogP contribution < -0.4 is 4.74 Å². The fourth-order valence-corrected chi connectivity index (χ4v) is 5.12. The number of sulfonamides is 1. The highest BCUT2D eigenvalue weighted by Gasteiger charge is 2.57. The molecule has 1 aliphatic heterocycles. The Hall–Kier alpha value is -1.15. The van der Waals surface area contributed by atoms with Gasteiger partial charge in [0, 0.05) is 26.8 Å². The first-order valence-corrected chi connectivity index (χ1v) is 8.73. The van der Waals surface area contributed by atoms with Crippen molar-refractivity contribution in [3.8, 4) is 5.75 Å². The molecule has 1 N–H and O–H groups in total. The summed E-state index contributed by atoms with van der Waals surface area (Å²) in [6.07, 6.45) is 0. The molecule has 1 aromatic carbocycles. The van der Waals surface area contributed by atoms with Gasteiger partial charge < -0.3 is 14.6 Å². The zero-order valence-electron chi connectivity index (χ0n) is 12.7. The molecule has 1 saturated carbocycles. The highest BCUT2D eigenvalue weighted by atomic mass is 32.2. The van der Waals surface area contributed by atoms with E-state index in [1.807, 2.05) is 0 Å². The van der Waals surface area contributed by atoms with E-state index in [0.29, 0.717) is 37.3 Å². The SMILES string of the molecule is COCc1ccc(OC)c(S(=O)(=O)N2C[C@@H]3C(CO)[C@@H]3C2)c1. The Morgan fingerprint density at radius 3 is 2.50 bits per heavy atom. The van der Waals surface area contributed by atoms with Crippen LogP contribution in [-0.2, 0) is 21.4 Å². The van der Waals surface area contributed by atoms with Gasteiger partial charge in [0.15, 0.2) is 0 Å². The number of hydrogen-bond acceptors (Lipinski definition) is 5. The number of aliphatic hydroxyl groups is 1. The number of ether oxygens (including phenoxy) is 2. The van der Waals surface area contributed by atoms with Crippen LogP contribution in [0, 0.1) is 17.8 Å². The fraction of sp³-hybridized carbons (Fsp3) is 0.600. The summed E-state index contributed by atoms with van der Waals surface area (Å²) in [6, 6.07) is 5.07. The molecular weight excluding hydrogens is 306 g/mol. The molecule has 1 heterocycles. The number of fused-ring (bicyclic) bond motifs is 1. The molecule has 0 radical (unpaired) electrons. The number of aliphatic hydroxyl groups excluding tert-OH is 1. The van der Waals surface area contributed by atoms with Crippen LogP contribution >= 0.6 is 0 Å². The molecule has 1 aromatic rings. The predicted molar refractivity (Wildman–Crippen MR) is 80.0 cm³/mol. The van der Waals surface area contributed by atoms with Crippen molar-refractivity contribution in [2.24, 2.45) is 17.8 Å². The number of rotatable bonds is 6. The monoisotopic (exact) mass is 327 g/mol. The molecule has 2 fully saturated rings. The van der Waals surface area contributed by atoms with E-state index in [9.17, 15) is 13.5 Å². The van der Waals surface area contributed by atoms with Crippen molar-refractivity contribution in [3.63, 3.8) is 0 Å². The maximum atomic E-state index is 12.9. The lowest BCUT2D eigenvalue weighted by Crippen LogP contribution is -2.32. The summed E-state index contributed by atoms with van der Waals surface area (Å²) < 4.78 is 37.5. The van der Waals surface area contributed by atoms with Crippen molar-refractivity contribution in [1.82, 2.24) is 4.31 Å². The minimum Gasteiger partial charge on any atom is -0.495 e. The molecule has 122 valence electrons. The molecule has 3 rings (SSSR count). The second-order valence-corrected chi connectivity index (χ2v) is 7.82. The zero-order chi connectivity index (χ0) is 15.9. The van der Waals surface area contributed by atoms with Gasteiger partial charge in [-0.25, -0.2) is 8.42 Å². The molecule has 0 bridgehead atoms. The van der Waals surface area contributed by atoms with E-state index in [2.05, 4.69) is 0 Å². The Morgan fingerprint density at radius 2 is 1.95 bits per heavy atom. The van der Waals surface area contributed by atoms with Crippen molar-refractivity contribution >= 4 is 10.0 Å². The van der Waals surface area contributed by atoms with Crippen molar-refractivity contribution in [2.45, 2.75) is 11.5 Å². The Bertz CT molecular complexity index is 648. The summed E-state index contributed by atoms with van der Waals surface area (Å²) in [5.41, 5.74) is 0.791. The largest absolute Gasteiger partial charge is 0.495 e. The second-order valence-electron chi connectivity index (χ2n) is 5.91. The quantitative estimate of drug-likeness (QED) is 0.832. The summed E-state index contributed by atoms with van der Waals surface area (Å²) in [5.74, 6) is 1.22. The molecule has 6 nitrogen and oxygen atoms in total. The third kappa shape index (κ3) is 2.52. The van der Waals surface area contributed by atoms with E-state index in [4.69, 9.17) is 9.47 Å². The normalized spacial score (nSPS) is 27.7. The smallest absolute Gasteiger partial charge is 0.246 e. The van der Waals surface area contributed by atoms with Crippen LogP contribution in [0.5, 0.6) is 5.75 Å². The van der Waals surface area contributed by atoms with Crippen LogP contribution in [-0.4, -0.2) is 51.7 Å². The lowest BCUT2D eigenvalue weighted by molar-refractivity contribution is 0.184. The second kappa shape index (κ2) is 5.81. The number of hydrogen-bond donors (Lipinski definition) is 1. The molecular formula is C15H21NO5S. The van der Waals surface area contributed by atoms with Gasteiger partial charge in [0.05, 0.1) is 13.7 Å². The molecule has 1 saturated heterocycles. The summed E-state index contributed by atoms with van der Waals surface area (Å²) in [6.45, 7) is 1.46. The standard InChI is InChI=1S/C15H21NO5S/c1-20-9-10-3-4-14(21-2)15(5-10)22(18,19)16-6-11-12(7-16)13(11)8-17/h3-5,11-13,17H,6-9H2,1-2H3/t11-,12+,13?. The topological polar surface area (TPSA) is 76.1 Å². The Labute approximate surface area is 130 Å². The highest BCUT2D eigenvalue weighted by Crippen LogP contribution is 2.52. The first-order chi connectivity index (χ1) is 10.5. The maximum Gasteiger partial charge on any atom is 0.246 e. The third-order valence-electron chi connectivity index (χ3n) is 4.71. The molecule has 1 unspecified atom stereocenters. The first kappa shape index (κ1) is 15.7. The highest BCUT2D eigenvalue weighted by molar-refractivity contribution is 7.89. The van der Waals surface area contributed by atoms with Gasteiger partial charge in [-0.2, -0.15) is 4.31 Å². The minimum absolute atomic E-state index is 0.149. The molecule has 0 spiro atoms. The molecule has 7 heteroatoms. The van der Waals surface area contributed by atoms with Gasteiger partial charge in [-0.1, -0.05) is 6.07 Å². The van der Waals surface area contributed by atoms with Gasteiger partial charge in [-0.15, -0.1) is 0 Å². The average molecular weight is 327 g/mol. The fourth-order valence-electron chi connectivity index (χ4n) is 3.40. The van der Waals surface area contributed by atoms with Gasteiger partial charge in [0.1, 0.15) is 10.6 Å². The molecule has 0 amide bonds. The predicted octanol–water partition coefficient (Wildman–Crippen LogP) is 0.700. The van der Waals surface area contributed by atoms with Gasteiger partial charge >= 0.3 is 0 Å². The van der Waals surface area contributed by atoms with Crippen molar-refractivity contribution in [3.05, 3.63) is 23.8 Å². The molecule has 0 aromatic heterocycles. The van der Waals surface area contributed by atoms with Crippen LogP contribution in [0.4, 0.5) is 0 Å². The molecule has 1 aliphatic carbocycles. The average Bonchev–Trinajstić information content (AvgIpc) is 2.98. The lowest BCUT2D eigenvalue weighted by atomic mass is 10.2. The number of methoxy groups -OCH3 is 2. The molecule has 3 atom stereocenters. The van der Waals surface area contributed by atoms with Crippen LogP contribution in [0.3, 0.4) is 0 Å². The van der Waals surface area contributed by atoms with Crippen LogP contribution in [0.1, 0.15) is 5.56 Å². The van der Waals surface area contributed by atoms with Crippen LogP contribution in [0.15, 0.2) is 23.1 Å². The van der Waals surface area contributed by atoms with E-state index in [1.165, 1.54) is 11.4 Å². The van der Waals surface area contributed by atoms with E-state index >= 15 is 0 Å². The van der Waals surface area contributed by atoms with Crippen molar-refractivity contribution in [1.29, 1.82) is 0 Å². The Morgan fingerprint density at radius 1 is 1.27 bits per heavy atom. The van der Waals surface area contributed by atoms with Crippen molar-refractivity contribution in [2.75, 3.05) is 33.9 Å². The summed E-state index contributed by atoms with van der Waals surface area (Å²) in [4.78, 5) is 0.186. The Kier molecular flexibility index (Phi) is 4.15. The zero-order valence-corrected chi connectivity index (χ0v) is 13.5. The van der Waals surface area contributed by atoms with Gasteiger partial charge in [0.2, 0.25) is 10.0 Å². The maximum absolute atomic E-state index is 12.9. The third-order valence-corrected chi connectivity index (χ3v) is 6.56. The number of benzene rings is 1. The lowest BCUT2D eigenvalue weighted by Gasteiger charge is -2.21. The van der Waals surface area contributed by atoms with Gasteiger partial charge in [-0.05, 0) is 35.4 Å². The van der Waals surface area contributed by atoms with Crippen LogP contribution in [0.2, 0.25) is 0 Å². The van der Waals surface area contributed by atoms with E-state index < -0.39 is 10.0 Å². The van der Waals surface area contributed by atoms with Gasteiger partial charge in [-0.3, -0.25) is 0 Å². The number of nitrogens with zero attached hydrogens (tertiary/aromatic N) is 1. The minimum atomic E-state index is -3.59. The molecule has 22 heavy (non-hydrogen) atoms. The summed E-state index contributed by atoms with van der Waals surface area (Å²) >= 11 is 0. The number of piperidine rings is 1. The van der Waals surface area contributed by atoms with E-state index in [-0.39, 0.29) is 17.4 Å². The summed E-state index contributed by atoms with van der Waals surface area (Å²) in [5, 5.41) is 9.19. The molecule has 2 aliphatic rings. The van der Waals surface area contributed by atoms with Crippen molar-refractivity contribution < 1.29 is 23.0 Å². The van der Waals surface area contributed by atoms with Crippen LogP contribution in [0.25, 0.3) is 0 Å². The Balaban J connectivity index is 1.87. The van der Waals surface area contributed by atoms with E-state index in [1.54, 1.807) is 25.3 Å². The first-order valence-electron chi connectivity index (χ1n) is 7.29. The van der Waals surface area contributed by atoms with Gasteiger partial charge in [0.25, 0.3) is 0 Å². The van der Waals surface area contributed by atoms with E-state index in [0.717, 1.165) is 5.56 Å². The summed E-state index contributed by atoms with van der Waals surface area (Å²) in [7, 11) is -0.549.